The molecule has 1 aliphatic heterocycles. The minimum absolute atomic E-state index is 0.105. The summed E-state index contributed by atoms with van der Waals surface area (Å²) in [5, 5.41) is 13.1. The van der Waals surface area contributed by atoms with Crippen LogP contribution in [-0.4, -0.2) is 42.5 Å². The van der Waals surface area contributed by atoms with Crippen molar-refractivity contribution in [2.24, 2.45) is 0 Å². The summed E-state index contributed by atoms with van der Waals surface area (Å²) in [7, 11) is 0. The van der Waals surface area contributed by atoms with E-state index >= 15 is 0 Å². The van der Waals surface area contributed by atoms with E-state index in [2.05, 4.69) is 5.32 Å². The lowest BCUT2D eigenvalue weighted by atomic mass is 9.96. The highest BCUT2D eigenvalue weighted by Gasteiger charge is 2.39. The van der Waals surface area contributed by atoms with E-state index in [0.29, 0.717) is 19.6 Å². The van der Waals surface area contributed by atoms with Crippen LogP contribution >= 0.6 is 0 Å². The normalized spacial score (nSPS) is 24.8. The van der Waals surface area contributed by atoms with Gasteiger partial charge < -0.3 is 19.9 Å². The monoisotopic (exact) mass is 293 g/mol. The number of aliphatic hydroxyl groups is 1. The zero-order chi connectivity index (χ0) is 15.3. The Hall–Kier alpha value is -1.59. The highest BCUT2D eigenvalue weighted by atomic mass is 16.5. The molecule has 0 aromatic heterocycles. The van der Waals surface area contributed by atoms with Gasteiger partial charge in [0.05, 0.1) is 19.1 Å². The van der Waals surface area contributed by atoms with Gasteiger partial charge in [-0.3, -0.25) is 4.79 Å². The first-order valence-corrected chi connectivity index (χ1v) is 7.36. The molecule has 1 aromatic carbocycles. The van der Waals surface area contributed by atoms with E-state index in [-0.39, 0.29) is 25.0 Å². The lowest BCUT2D eigenvalue weighted by molar-refractivity contribution is -0.122. The number of amides is 1. The minimum atomic E-state index is -0.950. The van der Waals surface area contributed by atoms with Crippen LogP contribution in [0.3, 0.4) is 0 Å². The van der Waals surface area contributed by atoms with Crippen LogP contribution in [0.2, 0.25) is 0 Å². The highest BCUT2D eigenvalue weighted by Crippen LogP contribution is 2.24. The Balaban J connectivity index is 1.81. The number of hydrogen-bond donors (Lipinski definition) is 2. The van der Waals surface area contributed by atoms with E-state index in [1.54, 1.807) is 0 Å². The Labute approximate surface area is 125 Å². The predicted molar refractivity (Wildman–Crippen MR) is 79.3 cm³/mol. The fraction of sp³-hybridized carbons (Fsp3) is 0.562. The fourth-order valence-corrected chi connectivity index (χ4v) is 2.37. The van der Waals surface area contributed by atoms with Gasteiger partial charge in [0.15, 0.2) is 0 Å². The molecule has 1 amide bonds. The average Bonchev–Trinajstić information content (AvgIpc) is 2.80. The first-order valence-electron chi connectivity index (χ1n) is 7.36. The second kappa shape index (κ2) is 6.91. The lowest BCUT2D eigenvalue weighted by Crippen LogP contribution is -2.47. The molecule has 21 heavy (non-hydrogen) atoms. The van der Waals surface area contributed by atoms with E-state index in [0.717, 1.165) is 11.3 Å². The van der Waals surface area contributed by atoms with Gasteiger partial charge in [0.2, 0.25) is 5.91 Å². The van der Waals surface area contributed by atoms with E-state index in [4.69, 9.17) is 9.47 Å². The number of benzene rings is 1. The molecular formula is C16H23NO4. The third-order valence-corrected chi connectivity index (χ3v) is 3.85. The molecule has 5 heteroatoms. The number of nitrogens with one attached hydrogen (secondary N) is 1. The van der Waals surface area contributed by atoms with E-state index in [1.807, 2.05) is 38.1 Å². The summed E-state index contributed by atoms with van der Waals surface area (Å²) in [6.45, 7) is 5.14. The second-order valence-corrected chi connectivity index (χ2v) is 5.40. The summed E-state index contributed by atoms with van der Waals surface area (Å²) >= 11 is 0. The van der Waals surface area contributed by atoms with Gasteiger partial charge in [-0.2, -0.15) is 0 Å². The van der Waals surface area contributed by atoms with Crippen molar-refractivity contribution < 1.29 is 19.4 Å². The molecule has 0 bridgehead atoms. The number of ether oxygens (including phenoxy) is 2. The standard InChI is InChI=1S/C16H23NO4/c1-3-20-14-6-4-13(5-7-14)10-15(18)17-11-16(19)8-9-21-12(16)2/h4-7,12,19H,3,8-11H2,1-2H3,(H,17,18). The average molecular weight is 293 g/mol. The number of rotatable bonds is 6. The number of hydrogen-bond acceptors (Lipinski definition) is 4. The van der Waals surface area contributed by atoms with Crippen molar-refractivity contribution in [3.8, 4) is 5.75 Å². The molecule has 2 atom stereocenters. The summed E-state index contributed by atoms with van der Waals surface area (Å²) in [6, 6.07) is 7.46. The summed E-state index contributed by atoms with van der Waals surface area (Å²) < 4.78 is 10.7. The molecule has 1 aromatic rings. The van der Waals surface area contributed by atoms with Crippen LogP contribution in [0.1, 0.15) is 25.8 Å². The van der Waals surface area contributed by atoms with Gasteiger partial charge >= 0.3 is 0 Å². The molecule has 2 rings (SSSR count). The summed E-state index contributed by atoms with van der Waals surface area (Å²) in [5.74, 6) is 0.694. The molecule has 116 valence electrons. The maximum absolute atomic E-state index is 11.9. The van der Waals surface area contributed by atoms with Gasteiger partial charge in [-0.05, 0) is 31.5 Å². The number of carbonyl (C=O) groups excluding carboxylic acids is 1. The molecule has 0 saturated carbocycles. The van der Waals surface area contributed by atoms with Crippen molar-refractivity contribution in [1.29, 1.82) is 0 Å². The van der Waals surface area contributed by atoms with Gasteiger partial charge in [0, 0.05) is 19.6 Å². The first-order chi connectivity index (χ1) is 10.0. The van der Waals surface area contributed by atoms with Gasteiger partial charge in [-0.15, -0.1) is 0 Å². The van der Waals surface area contributed by atoms with Gasteiger partial charge in [0.25, 0.3) is 0 Å². The third-order valence-electron chi connectivity index (χ3n) is 3.85. The van der Waals surface area contributed by atoms with E-state index in [1.165, 1.54) is 0 Å². The molecule has 0 spiro atoms. The van der Waals surface area contributed by atoms with Crippen LogP contribution in [-0.2, 0) is 16.0 Å². The van der Waals surface area contributed by atoms with Crippen molar-refractivity contribution in [3.05, 3.63) is 29.8 Å². The summed E-state index contributed by atoms with van der Waals surface area (Å²) in [5.41, 5.74) is -0.0345. The smallest absolute Gasteiger partial charge is 0.224 e. The molecule has 0 radical (unpaired) electrons. The Morgan fingerprint density at radius 1 is 1.48 bits per heavy atom. The van der Waals surface area contributed by atoms with Crippen molar-refractivity contribution in [1.82, 2.24) is 5.32 Å². The lowest BCUT2D eigenvalue weighted by Gasteiger charge is -2.26. The van der Waals surface area contributed by atoms with Crippen LogP contribution in [0.4, 0.5) is 0 Å². The van der Waals surface area contributed by atoms with Crippen molar-refractivity contribution in [2.75, 3.05) is 19.8 Å². The molecule has 1 saturated heterocycles. The fourth-order valence-electron chi connectivity index (χ4n) is 2.37. The zero-order valence-corrected chi connectivity index (χ0v) is 12.6. The van der Waals surface area contributed by atoms with Crippen LogP contribution in [0.25, 0.3) is 0 Å². The molecule has 1 fully saturated rings. The Bertz CT molecular complexity index is 474. The Morgan fingerprint density at radius 3 is 2.76 bits per heavy atom. The van der Waals surface area contributed by atoms with Crippen LogP contribution in [0.5, 0.6) is 5.75 Å². The van der Waals surface area contributed by atoms with Gasteiger partial charge in [-0.1, -0.05) is 12.1 Å². The Morgan fingerprint density at radius 2 is 2.19 bits per heavy atom. The van der Waals surface area contributed by atoms with E-state index < -0.39 is 5.60 Å². The van der Waals surface area contributed by atoms with Crippen molar-refractivity contribution in [2.45, 2.75) is 38.4 Å². The molecule has 5 nitrogen and oxygen atoms in total. The molecular weight excluding hydrogens is 270 g/mol. The maximum atomic E-state index is 11.9. The highest BCUT2D eigenvalue weighted by molar-refractivity contribution is 5.78. The quantitative estimate of drug-likeness (QED) is 0.829. The topological polar surface area (TPSA) is 67.8 Å². The molecule has 1 aliphatic rings. The SMILES string of the molecule is CCOc1ccc(CC(=O)NCC2(O)CCOC2C)cc1. The second-order valence-electron chi connectivity index (χ2n) is 5.40. The maximum Gasteiger partial charge on any atom is 0.224 e. The summed E-state index contributed by atoms with van der Waals surface area (Å²) in [6.07, 6.45) is 0.596. The Kier molecular flexibility index (Phi) is 5.20. The van der Waals surface area contributed by atoms with Crippen LogP contribution in [0.15, 0.2) is 24.3 Å². The van der Waals surface area contributed by atoms with Crippen molar-refractivity contribution in [3.63, 3.8) is 0 Å². The largest absolute Gasteiger partial charge is 0.494 e. The van der Waals surface area contributed by atoms with Crippen molar-refractivity contribution >= 4 is 5.91 Å². The predicted octanol–water partition coefficient (Wildman–Crippen LogP) is 1.28. The van der Waals surface area contributed by atoms with Gasteiger partial charge in [0.1, 0.15) is 11.4 Å². The van der Waals surface area contributed by atoms with Crippen LogP contribution < -0.4 is 10.1 Å². The third kappa shape index (κ3) is 4.19. The summed E-state index contributed by atoms with van der Waals surface area (Å²) in [4.78, 5) is 11.9. The van der Waals surface area contributed by atoms with E-state index in [9.17, 15) is 9.90 Å². The molecule has 2 unspecified atom stereocenters. The minimum Gasteiger partial charge on any atom is -0.494 e. The molecule has 0 aliphatic carbocycles. The first kappa shape index (κ1) is 15.8. The molecule has 2 N–H and O–H groups in total. The zero-order valence-electron chi connectivity index (χ0n) is 12.6. The van der Waals surface area contributed by atoms with Crippen LogP contribution in [0, 0.1) is 0 Å². The molecule has 1 heterocycles. The number of carbonyl (C=O) groups is 1. The van der Waals surface area contributed by atoms with Gasteiger partial charge in [-0.25, -0.2) is 0 Å².